The molecule has 72 valence electrons. The summed E-state index contributed by atoms with van der Waals surface area (Å²) in [5.74, 6) is 0.779. The van der Waals surface area contributed by atoms with Crippen molar-refractivity contribution in [2.45, 2.75) is 5.75 Å². The molecule has 0 unspecified atom stereocenters. The number of thioether (sulfide) groups is 1. The van der Waals surface area contributed by atoms with Gasteiger partial charge in [0.05, 0.1) is 0 Å². The van der Waals surface area contributed by atoms with E-state index in [1.54, 1.807) is 11.3 Å². The summed E-state index contributed by atoms with van der Waals surface area (Å²) in [7, 11) is 0. The Hall–Kier alpha value is -1.00. The van der Waals surface area contributed by atoms with Gasteiger partial charge in [-0.05, 0) is 34.5 Å². The van der Waals surface area contributed by atoms with Crippen LogP contribution >= 0.6 is 23.1 Å². The molecule has 0 saturated heterocycles. The van der Waals surface area contributed by atoms with E-state index in [1.165, 1.54) is 27.4 Å². The Morgan fingerprint density at radius 1 is 1.43 bits per heavy atom. The van der Waals surface area contributed by atoms with Crippen LogP contribution in [0.2, 0.25) is 0 Å². The molecule has 14 heavy (non-hydrogen) atoms. The number of nitrogens with two attached hydrogens (primary N) is 1. The molecule has 1 aromatic heterocycles. The summed E-state index contributed by atoms with van der Waals surface area (Å²) in [6.45, 7) is 0. The first-order valence-electron chi connectivity index (χ1n) is 4.18. The molecule has 0 radical (unpaired) electrons. The minimum Gasteiger partial charge on any atom is -0.379 e. The van der Waals surface area contributed by atoms with Gasteiger partial charge < -0.3 is 5.73 Å². The maximum absolute atomic E-state index is 7.12. The van der Waals surface area contributed by atoms with E-state index >= 15 is 0 Å². The molecule has 1 aromatic carbocycles. The van der Waals surface area contributed by atoms with Crippen molar-refractivity contribution in [3.05, 3.63) is 35.2 Å². The minimum absolute atomic E-state index is 0.176. The molecule has 2 aromatic rings. The van der Waals surface area contributed by atoms with E-state index in [1.807, 2.05) is 0 Å². The summed E-state index contributed by atoms with van der Waals surface area (Å²) < 4.78 is 1.31. The number of hydrogen-bond acceptors (Lipinski definition) is 3. The van der Waals surface area contributed by atoms with Gasteiger partial charge in [-0.2, -0.15) is 0 Å². The molecule has 0 aliphatic heterocycles. The number of hydrogen-bond donors (Lipinski definition) is 2. The zero-order valence-corrected chi connectivity index (χ0v) is 9.12. The van der Waals surface area contributed by atoms with Gasteiger partial charge in [-0.25, -0.2) is 0 Å². The van der Waals surface area contributed by atoms with Crippen molar-refractivity contribution in [2.24, 2.45) is 5.73 Å². The molecule has 0 aliphatic rings. The standard InChI is InChI=1S/C10H10N2S2/c11-10(12)14-6-7-1-2-9-8(5-7)3-4-13-9/h1-5H,6H2,(H3,11,12). The SMILES string of the molecule is N=C(N)SCc1ccc2sccc2c1. The first-order chi connectivity index (χ1) is 6.75. The fourth-order valence-electron chi connectivity index (χ4n) is 1.27. The van der Waals surface area contributed by atoms with E-state index in [2.05, 4.69) is 29.6 Å². The lowest BCUT2D eigenvalue weighted by Gasteiger charge is -1.99. The van der Waals surface area contributed by atoms with Crippen LogP contribution in [0, 0.1) is 5.41 Å². The van der Waals surface area contributed by atoms with E-state index in [0.717, 1.165) is 5.75 Å². The average Bonchev–Trinajstić information content (AvgIpc) is 2.61. The van der Waals surface area contributed by atoms with Crippen molar-refractivity contribution in [1.82, 2.24) is 0 Å². The normalized spacial score (nSPS) is 10.6. The first kappa shape index (κ1) is 9.55. The van der Waals surface area contributed by atoms with Gasteiger partial charge in [0.25, 0.3) is 0 Å². The summed E-state index contributed by atoms with van der Waals surface area (Å²) >= 11 is 3.11. The molecule has 3 N–H and O–H groups in total. The molecule has 0 atom stereocenters. The Morgan fingerprint density at radius 3 is 3.07 bits per heavy atom. The van der Waals surface area contributed by atoms with Crippen LogP contribution in [0.25, 0.3) is 10.1 Å². The Morgan fingerprint density at radius 2 is 2.29 bits per heavy atom. The van der Waals surface area contributed by atoms with Crippen molar-refractivity contribution >= 4 is 38.4 Å². The Bertz CT molecular complexity index is 462. The number of amidine groups is 1. The number of benzene rings is 1. The van der Waals surface area contributed by atoms with Crippen LogP contribution in [-0.2, 0) is 5.75 Å². The third kappa shape index (κ3) is 2.08. The van der Waals surface area contributed by atoms with Gasteiger partial charge in [-0.1, -0.05) is 17.8 Å². The third-order valence-electron chi connectivity index (χ3n) is 1.91. The van der Waals surface area contributed by atoms with E-state index in [4.69, 9.17) is 11.1 Å². The average molecular weight is 222 g/mol. The highest BCUT2D eigenvalue weighted by Crippen LogP contribution is 2.23. The van der Waals surface area contributed by atoms with E-state index in [9.17, 15) is 0 Å². The zero-order valence-electron chi connectivity index (χ0n) is 7.49. The van der Waals surface area contributed by atoms with Gasteiger partial charge in [0.15, 0.2) is 5.17 Å². The highest BCUT2D eigenvalue weighted by Gasteiger charge is 1.98. The molecular weight excluding hydrogens is 212 g/mol. The largest absolute Gasteiger partial charge is 0.379 e. The van der Waals surface area contributed by atoms with Gasteiger partial charge >= 0.3 is 0 Å². The minimum atomic E-state index is 0.176. The van der Waals surface area contributed by atoms with Crippen LogP contribution in [0.5, 0.6) is 0 Å². The molecule has 0 bridgehead atoms. The Kier molecular flexibility index (Phi) is 2.74. The summed E-state index contributed by atoms with van der Waals surface area (Å²) in [6.07, 6.45) is 0. The number of thiophene rings is 1. The predicted octanol–water partition coefficient (Wildman–Crippen LogP) is 3.03. The van der Waals surface area contributed by atoms with E-state index in [-0.39, 0.29) is 5.17 Å². The summed E-state index contributed by atoms with van der Waals surface area (Å²) in [5, 5.41) is 10.7. The predicted molar refractivity (Wildman–Crippen MR) is 65.0 cm³/mol. The van der Waals surface area contributed by atoms with Gasteiger partial charge in [0, 0.05) is 10.5 Å². The summed E-state index contributed by atoms with van der Waals surface area (Å²) in [5.41, 5.74) is 6.50. The maximum atomic E-state index is 7.12. The van der Waals surface area contributed by atoms with Crippen molar-refractivity contribution in [1.29, 1.82) is 5.41 Å². The van der Waals surface area contributed by atoms with Crippen LogP contribution in [0.3, 0.4) is 0 Å². The van der Waals surface area contributed by atoms with Crippen LogP contribution in [0.15, 0.2) is 29.6 Å². The zero-order chi connectivity index (χ0) is 9.97. The van der Waals surface area contributed by atoms with Crippen LogP contribution < -0.4 is 5.73 Å². The highest BCUT2D eigenvalue weighted by atomic mass is 32.2. The second kappa shape index (κ2) is 4.02. The maximum Gasteiger partial charge on any atom is 0.151 e. The monoisotopic (exact) mass is 222 g/mol. The Balaban J connectivity index is 2.21. The molecule has 2 nitrogen and oxygen atoms in total. The summed E-state index contributed by atoms with van der Waals surface area (Å²) in [6, 6.07) is 8.48. The lowest BCUT2D eigenvalue weighted by Crippen LogP contribution is -2.03. The fraction of sp³-hybridized carbons (Fsp3) is 0.100. The van der Waals surface area contributed by atoms with Crippen LogP contribution in [-0.4, -0.2) is 5.17 Å². The molecular formula is C10H10N2S2. The van der Waals surface area contributed by atoms with Gasteiger partial charge in [0.1, 0.15) is 0 Å². The van der Waals surface area contributed by atoms with Crippen molar-refractivity contribution < 1.29 is 0 Å². The molecule has 0 amide bonds. The number of rotatable bonds is 2. The van der Waals surface area contributed by atoms with Gasteiger partial charge in [-0.3, -0.25) is 5.41 Å². The van der Waals surface area contributed by atoms with Crippen molar-refractivity contribution in [3.63, 3.8) is 0 Å². The molecule has 0 spiro atoms. The van der Waals surface area contributed by atoms with Gasteiger partial charge in [-0.15, -0.1) is 11.3 Å². The lowest BCUT2D eigenvalue weighted by atomic mass is 10.2. The first-order valence-corrected chi connectivity index (χ1v) is 6.05. The molecule has 2 rings (SSSR count). The fourth-order valence-corrected chi connectivity index (χ4v) is 2.54. The topological polar surface area (TPSA) is 49.9 Å². The Labute approximate surface area is 90.6 Å². The molecule has 0 aliphatic carbocycles. The molecule has 1 heterocycles. The van der Waals surface area contributed by atoms with Crippen LogP contribution in [0.1, 0.15) is 5.56 Å². The highest BCUT2D eigenvalue weighted by molar-refractivity contribution is 8.13. The molecule has 0 saturated carbocycles. The summed E-state index contributed by atoms with van der Waals surface area (Å²) in [4.78, 5) is 0. The second-order valence-corrected chi connectivity index (χ2v) is 4.91. The van der Waals surface area contributed by atoms with Gasteiger partial charge in [0.2, 0.25) is 0 Å². The molecule has 0 fully saturated rings. The molecule has 4 heteroatoms. The smallest absolute Gasteiger partial charge is 0.151 e. The third-order valence-corrected chi connectivity index (χ3v) is 3.60. The van der Waals surface area contributed by atoms with Crippen LogP contribution in [0.4, 0.5) is 0 Å². The second-order valence-electron chi connectivity index (χ2n) is 2.95. The lowest BCUT2D eigenvalue weighted by molar-refractivity contribution is 1.44. The quantitative estimate of drug-likeness (QED) is 0.606. The van der Waals surface area contributed by atoms with E-state index < -0.39 is 0 Å². The number of nitrogens with one attached hydrogen (secondary N) is 1. The van der Waals surface area contributed by atoms with Crippen molar-refractivity contribution in [2.75, 3.05) is 0 Å². The number of fused-ring (bicyclic) bond motifs is 1. The van der Waals surface area contributed by atoms with E-state index in [0.29, 0.717) is 0 Å². The van der Waals surface area contributed by atoms with Crippen molar-refractivity contribution in [3.8, 4) is 0 Å².